The third kappa shape index (κ3) is 11.7. The topological polar surface area (TPSA) is 202 Å². The molecule has 2 fully saturated rings. The first-order chi connectivity index (χ1) is 36.3. The first-order valence-electron chi connectivity index (χ1n) is 25.4. The van der Waals surface area contributed by atoms with Gasteiger partial charge in [0.1, 0.15) is 17.2 Å². The first-order valence-corrected chi connectivity index (χ1v) is 26.1. The van der Waals surface area contributed by atoms with E-state index in [4.69, 9.17) is 48.4 Å². The number of imidazole rings is 2. The molecule has 0 radical (unpaired) electrons. The Morgan fingerprint density at radius 1 is 0.671 bits per heavy atom. The van der Waals surface area contributed by atoms with Crippen LogP contribution in [0.3, 0.4) is 0 Å². The minimum atomic E-state index is -0.629. The third-order valence-electron chi connectivity index (χ3n) is 13.9. The third-order valence-corrected chi connectivity index (χ3v) is 14.4. The summed E-state index contributed by atoms with van der Waals surface area (Å²) in [6.07, 6.45) is 14.2. The largest absolute Gasteiger partial charge is 0.444 e. The molecule has 4 aliphatic rings. The van der Waals surface area contributed by atoms with Gasteiger partial charge in [0.25, 0.3) is 0 Å². The summed E-state index contributed by atoms with van der Waals surface area (Å²) in [6.45, 7) is 16.1. The number of aromatic nitrogens is 6. The molecule has 20 heteroatoms. The summed E-state index contributed by atoms with van der Waals surface area (Å²) in [7, 11) is 3.82. The van der Waals surface area contributed by atoms with Crippen LogP contribution in [0.25, 0.3) is 33.7 Å². The molecule has 4 atom stereocenters. The maximum atomic E-state index is 12.7. The quantitative estimate of drug-likeness (QED) is 0.0905. The summed E-state index contributed by atoms with van der Waals surface area (Å²) in [5.74, 6) is 0. The van der Waals surface area contributed by atoms with Gasteiger partial charge in [0, 0.05) is 100 Å². The van der Waals surface area contributed by atoms with Crippen LogP contribution in [0.4, 0.5) is 9.59 Å². The second-order valence-electron chi connectivity index (χ2n) is 21.4. The van der Waals surface area contributed by atoms with Crippen LogP contribution in [0.15, 0.2) is 103 Å². The Morgan fingerprint density at radius 3 is 1.53 bits per heavy atom. The van der Waals surface area contributed by atoms with Crippen LogP contribution in [0.2, 0.25) is 10.0 Å². The van der Waals surface area contributed by atoms with Crippen molar-refractivity contribution in [3.63, 3.8) is 0 Å². The van der Waals surface area contributed by atoms with Crippen molar-refractivity contribution in [3.05, 3.63) is 175 Å². The number of hydrogen-bond donors (Lipinski definition) is 1. The van der Waals surface area contributed by atoms with Gasteiger partial charge in [-0.3, -0.25) is 19.8 Å². The molecule has 0 saturated carbocycles. The van der Waals surface area contributed by atoms with Gasteiger partial charge in [-0.25, -0.2) is 19.6 Å². The van der Waals surface area contributed by atoms with Gasteiger partial charge in [-0.05, 0) is 140 Å². The van der Waals surface area contributed by atoms with E-state index in [-0.39, 0.29) is 24.3 Å². The van der Waals surface area contributed by atoms with Crippen molar-refractivity contribution >= 4 is 58.7 Å². The van der Waals surface area contributed by atoms with Crippen molar-refractivity contribution in [1.29, 1.82) is 0 Å². The van der Waals surface area contributed by atoms with Crippen LogP contribution in [0.1, 0.15) is 122 Å². The minimum Gasteiger partial charge on any atom is -0.444 e. The van der Waals surface area contributed by atoms with Crippen LogP contribution in [-0.4, -0.2) is 124 Å². The lowest BCUT2D eigenvalue weighted by molar-refractivity contribution is 0.0109. The summed E-state index contributed by atoms with van der Waals surface area (Å²) in [4.78, 5) is 55.0. The molecule has 18 nitrogen and oxygen atoms in total. The number of pyridine rings is 2. The second-order valence-corrected chi connectivity index (χ2v) is 22.2. The van der Waals surface area contributed by atoms with E-state index in [1.807, 2.05) is 126 Å². The molecule has 6 aromatic rings. The molecular weight excluding hydrogens is 1000 g/mol. The van der Waals surface area contributed by atoms with Crippen LogP contribution >= 0.6 is 23.2 Å². The molecule has 6 heterocycles. The normalized spacial score (nSPS) is 18.6. The van der Waals surface area contributed by atoms with Crippen LogP contribution < -0.4 is 5.73 Å². The van der Waals surface area contributed by atoms with Gasteiger partial charge in [-0.2, -0.15) is 0 Å². The molecule has 2 aliphatic heterocycles. The SMILES string of the molecule is Cn1cncc1C(N)C1=Cc2cccnc2C(N2CCN(C(=O)OC(C)(C)C)CC2)c2ccc(Cl)cc21.Cn1cncc1C(N=[N+]=[N-])C1=Cc2cccnc2C(N2CCN(C(=O)OC(C)(C)C)CC2)c2ccc(Cl)cc21. The number of azide groups is 1. The number of piperazine rings is 2. The fourth-order valence-corrected chi connectivity index (χ4v) is 10.7. The highest BCUT2D eigenvalue weighted by Gasteiger charge is 2.38. The van der Waals surface area contributed by atoms with Gasteiger partial charge in [-0.15, -0.1) is 0 Å². The number of fused-ring (bicyclic) bond motifs is 4. The number of rotatable bonds is 7. The molecule has 2 aliphatic carbocycles. The number of carbonyl (C=O) groups is 2. The molecule has 10 rings (SSSR count). The van der Waals surface area contributed by atoms with E-state index < -0.39 is 23.3 Å². The molecule has 2 saturated heterocycles. The standard InChI is InChI=1S/C28H31ClN8O2.C28H33ClN6O2/c1-28(2,3)39-27(38)37-12-10-36(11-13-37)26-20-8-7-19(29)15-21(20)22(14-18-6-5-9-32-24(18)26)25(33-34-30)23-16-31-17-35(23)4;1-28(2,3)37-27(36)35-12-10-34(11-13-35)26-20-8-7-19(29)15-21(20)22(14-18-6-5-9-32-25(18)26)24(30)23-16-31-17-33(23)4/h5-9,14-17,25-26H,10-13H2,1-4H3;5-9,14-17,24,26H,10-13,30H2,1-4H3. The number of nitrogens with two attached hydrogens (primary N) is 1. The smallest absolute Gasteiger partial charge is 0.410 e. The average Bonchev–Trinajstić information content (AvgIpc) is 3.95. The highest BCUT2D eigenvalue weighted by Crippen LogP contribution is 2.47. The van der Waals surface area contributed by atoms with Gasteiger partial charge in [-0.1, -0.05) is 52.6 Å². The lowest BCUT2D eigenvalue weighted by Gasteiger charge is -2.40. The van der Waals surface area contributed by atoms with E-state index >= 15 is 0 Å². The Hall–Kier alpha value is -7.05. The zero-order valence-electron chi connectivity index (χ0n) is 44.1. The Labute approximate surface area is 453 Å². The van der Waals surface area contributed by atoms with E-state index in [0.29, 0.717) is 62.4 Å². The molecule has 396 valence electrons. The van der Waals surface area contributed by atoms with Crippen molar-refractivity contribution in [3.8, 4) is 0 Å². The Morgan fingerprint density at radius 2 is 1.11 bits per heavy atom. The van der Waals surface area contributed by atoms with Gasteiger partial charge < -0.3 is 34.1 Å². The summed E-state index contributed by atoms with van der Waals surface area (Å²) in [5, 5.41) is 5.43. The van der Waals surface area contributed by atoms with E-state index in [9.17, 15) is 15.1 Å². The molecule has 76 heavy (non-hydrogen) atoms. The molecular formula is C56H64Cl2N14O4. The van der Waals surface area contributed by atoms with Gasteiger partial charge >= 0.3 is 12.2 Å². The predicted molar refractivity (Wildman–Crippen MR) is 295 cm³/mol. The number of nitrogens with zero attached hydrogens (tertiary/aromatic N) is 13. The molecule has 4 aromatic heterocycles. The fraction of sp³-hybridized carbons (Fsp3) is 0.393. The zero-order chi connectivity index (χ0) is 54.1. The molecule has 4 unspecified atom stereocenters. The summed E-state index contributed by atoms with van der Waals surface area (Å²) < 4.78 is 15.0. The van der Waals surface area contributed by atoms with Crippen molar-refractivity contribution in [2.75, 3.05) is 52.4 Å². The monoisotopic (exact) mass is 1070 g/mol. The lowest BCUT2D eigenvalue weighted by atomic mass is 9.90. The van der Waals surface area contributed by atoms with E-state index in [1.165, 1.54) is 0 Å². The van der Waals surface area contributed by atoms with Crippen molar-refractivity contribution in [2.24, 2.45) is 24.9 Å². The van der Waals surface area contributed by atoms with Crippen molar-refractivity contribution < 1.29 is 19.1 Å². The zero-order valence-corrected chi connectivity index (χ0v) is 45.7. The number of aryl methyl sites for hydroxylation is 2. The number of carbonyl (C=O) groups excluding carboxylic acids is 2. The molecule has 0 spiro atoms. The number of halogens is 2. The van der Waals surface area contributed by atoms with Crippen LogP contribution in [0.5, 0.6) is 0 Å². The second kappa shape index (κ2) is 22.3. The number of ether oxygens (including phenoxy) is 2. The lowest BCUT2D eigenvalue weighted by Crippen LogP contribution is -2.51. The number of hydrogen-bond acceptors (Lipinski definition) is 12. The highest BCUT2D eigenvalue weighted by molar-refractivity contribution is 6.31. The molecule has 2 amide bonds. The highest BCUT2D eigenvalue weighted by atomic mass is 35.5. The number of amides is 2. The van der Waals surface area contributed by atoms with Crippen molar-refractivity contribution in [2.45, 2.75) is 76.9 Å². The van der Waals surface area contributed by atoms with Gasteiger partial charge in [0.15, 0.2) is 0 Å². The minimum absolute atomic E-state index is 0.114. The van der Waals surface area contributed by atoms with Crippen molar-refractivity contribution in [1.82, 2.24) is 48.7 Å². The summed E-state index contributed by atoms with van der Waals surface area (Å²) in [6, 6.07) is 18.4. The average molecular weight is 1070 g/mol. The molecule has 2 aromatic carbocycles. The Bertz CT molecular complexity index is 3220. The maximum absolute atomic E-state index is 12.7. The fourth-order valence-electron chi connectivity index (χ4n) is 10.4. The molecule has 2 N–H and O–H groups in total. The van der Waals surface area contributed by atoms with Gasteiger partial charge in [0.05, 0.1) is 59.8 Å². The van der Waals surface area contributed by atoms with Crippen LogP contribution in [0, 0.1) is 0 Å². The Balaban J connectivity index is 0.000000186. The molecule has 0 bridgehead atoms. The Kier molecular flexibility index (Phi) is 15.8. The van der Waals surface area contributed by atoms with E-state index in [0.717, 1.165) is 67.3 Å². The predicted octanol–water partition coefficient (Wildman–Crippen LogP) is 10.7. The first kappa shape index (κ1) is 53.8. The van der Waals surface area contributed by atoms with E-state index in [1.54, 1.807) is 41.0 Å². The van der Waals surface area contributed by atoms with E-state index in [2.05, 4.69) is 48.0 Å². The van der Waals surface area contributed by atoms with Crippen LogP contribution in [-0.2, 0) is 23.6 Å². The summed E-state index contributed by atoms with van der Waals surface area (Å²) >= 11 is 13.1. The maximum Gasteiger partial charge on any atom is 0.410 e. The number of benzene rings is 2. The van der Waals surface area contributed by atoms with Gasteiger partial charge in [0.2, 0.25) is 0 Å². The summed E-state index contributed by atoms with van der Waals surface area (Å²) in [5.41, 5.74) is 26.6.